The van der Waals surface area contributed by atoms with Crippen molar-refractivity contribution in [1.82, 2.24) is 25.4 Å². The quantitative estimate of drug-likeness (QED) is 0.577. The predicted octanol–water partition coefficient (Wildman–Crippen LogP) is 4.11. The normalized spacial score (nSPS) is 18.4. The Morgan fingerprint density at radius 3 is 2.56 bits per heavy atom. The Bertz CT molecular complexity index is 913. The highest BCUT2D eigenvalue weighted by molar-refractivity contribution is 7.99. The number of benzene rings is 1. The van der Waals surface area contributed by atoms with E-state index in [1.807, 2.05) is 28.8 Å². The van der Waals surface area contributed by atoms with E-state index in [2.05, 4.69) is 41.6 Å². The smallest absolute Gasteiger partial charge is 0.321 e. The van der Waals surface area contributed by atoms with Crippen LogP contribution < -0.4 is 15.4 Å². The highest BCUT2D eigenvalue weighted by atomic mass is 32.2. The molecule has 0 bridgehead atoms. The number of rotatable bonds is 8. The molecule has 174 valence electrons. The average Bonchev–Trinajstić information content (AvgIpc) is 3.15. The first kappa shape index (κ1) is 24.1. The lowest BCUT2D eigenvalue weighted by molar-refractivity contribution is -0.117. The number of urea groups is 1. The van der Waals surface area contributed by atoms with Gasteiger partial charge in [0.25, 0.3) is 0 Å². The van der Waals surface area contributed by atoms with E-state index < -0.39 is 6.03 Å². The first-order valence-electron chi connectivity index (χ1n) is 11.2. The van der Waals surface area contributed by atoms with Gasteiger partial charge in [0, 0.05) is 18.2 Å². The largest absolute Gasteiger partial charge is 0.497 e. The molecule has 0 spiro atoms. The molecular formula is C23H33N5O3S. The Hall–Kier alpha value is -2.55. The van der Waals surface area contributed by atoms with Gasteiger partial charge in [0.05, 0.1) is 12.9 Å². The molecule has 1 aliphatic carbocycles. The standard InChI is InChI=1S/C23H33N5O3S/c1-15(2)13-28-21(17-9-11-18(31-4)12-10-17)26-27-23(28)32-14-20(29)25-22(30)24-19-8-6-5-7-16(19)3/h9-12,15-16,19H,5-8,13-14H2,1-4H3,(H2,24,25,29,30)/t16-,19-/m1/s1. The minimum Gasteiger partial charge on any atom is -0.497 e. The molecule has 1 fully saturated rings. The van der Waals surface area contributed by atoms with Crippen LogP contribution >= 0.6 is 11.8 Å². The Labute approximate surface area is 193 Å². The number of ether oxygens (including phenoxy) is 1. The number of methoxy groups -OCH3 is 1. The molecule has 2 aromatic rings. The molecule has 0 unspecified atom stereocenters. The summed E-state index contributed by atoms with van der Waals surface area (Å²) in [6.45, 7) is 7.10. The SMILES string of the molecule is COc1ccc(-c2nnc(SCC(=O)NC(=O)N[C@@H]3CCCC[C@H]3C)n2CC(C)C)cc1. The molecule has 0 radical (unpaired) electrons. The van der Waals surface area contributed by atoms with Gasteiger partial charge in [0.1, 0.15) is 5.75 Å². The van der Waals surface area contributed by atoms with Gasteiger partial charge in [0.15, 0.2) is 11.0 Å². The molecule has 1 heterocycles. The molecule has 1 aromatic carbocycles. The number of imide groups is 1. The van der Waals surface area contributed by atoms with Crippen molar-refractivity contribution in [2.24, 2.45) is 11.8 Å². The number of thioether (sulfide) groups is 1. The number of aromatic nitrogens is 3. The molecule has 3 rings (SSSR count). The fraction of sp³-hybridized carbons (Fsp3) is 0.565. The lowest BCUT2D eigenvalue weighted by atomic mass is 9.86. The van der Waals surface area contributed by atoms with E-state index in [4.69, 9.17) is 4.74 Å². The molecule has 0 saturated heterocycles. The summed E-state index contributed by atoms with van der Waals surface area (Å²) < 4.78 is 7.25. The third-order valence-corrected chi connectivity index (χ3v) is 6.59. The first-order valence-corrected chi connectivity index (χ1v) is 12.2. The van der Waals surface area contributed by atoms with Crippen LogP contribution in [0.2, 0.25) is 0 Å². The van der Waals surface area contributed by atoms with Gasteiger partial charge in [-0.05, 0) is 48.9 Å². The molecule has 1 aromatic heterocycles. The van der Waals surface area contributed by atoms with Crippen LogP contribution in [0.4, 0.5) is 4.79 Å². The summed E-state index contributed by atoms with van der Waals surface area (Å²) in [5.41, 5.74) is 0.927. The average molecular weight is 460 g/mol. The van der Waals surface area contributed by atoms with Crippen molar-refractivity contribution in [3.05, 3.63) is 24.3 Å². The van der Waals surface area contributed by atoms with Gasteiger partial charge in [-0.25, -0.2) is 4.79 Å². The Kier molecular flexibility index (Phi) is 8.55. The van der Waals surface area contributed by atoms with Crippen LogP contribution in [0.3, 0.4) is 0 Å². The summed E-state index contributed by atoms with van der Waals surface area (Å²) in [4.78, 5) is 24.6. The van der Waals surface area contributed by atoms with E-state index in [0.717, 1.165) is 42.9 Å². The molecule has 1 saturated carbocycles. The third-order valence-electron chi connectivity index (χ3n) is 5.63. The fourth-order valence-corrected chi connectivity index (χ4v) is 4.65. The number of hydrogen-bond acceptors (Lipinski definition) is 6. The number of hydrogen-bond donors (Lipinski definition) is 2. The number of carbonyl (C=O) groups is 2. The minimum absolute atomic E-state index is 0.0898. The number of carbonyl (C=O) groups excluding carboxylic acids is 2. The van der Waals surface area contributed by atoms with Crippen molar-refractivity contribution in [3.63, 3.8) is 0 Å². The van der Waals surface area contributed by atoms with Gasteiger partial charge in [-0.1, -0.05) is 45.4 Å². The van der Waals surface area contributed by atoms with Gasteiger partial charge in [-0.15, -0.1) is 10.2 Å². The lowest BCUT2D eigenvalue weighted by Gasteiger charge is -2.29. The Morgan fingerprint density at radius 1 is 1.19 bits per heavy atom. The highest BCUT2D eigenvalue weighted by Crippen LogP contribution is 2.27. The number of nitrogens with one attached hydrogen (secondary N) is 2. The maximum atomic E-state index is 12.4. The van der Waals surface area contributed by atoms with Crippen molar-refractivity contribution in [2.45, 2.75) is 64.2 Å². The molecule has 2 N–H and O–H groups in total. The van der Waals surface area contributed by atoms with Crippen molar-refractivity contribution in [1.29, 1.82) is 0 Å². The van der Waals surface area contributed by atoms with E-state index in [1.165, 1.54) is 18.2 Å². The second-order valence-electron chi connectivity index (χ2n) is 8.72. The monoisotopic (exact) mass is 459 g/mol. The van der Waals surface area contributed by atoms with E-state index in [0.29, 0.717) is 17.0 Å². The predicted molar refractivity (Wildman–Crippen MR) is 126 cm³/mol. The van der Waals surface area contributed by atoms with Gasteiger partial charge in [0.2, 0.25) is 5.91 Å². The maximum Gasteiger partial charge on any atom is 0.321 e. The van der Waals surface area contributed by atoms with Crippen LogP contribution in [0.15, 0.2) is 29.4 Å². The van der Waals surface area contributed by atoms with Crippen molar-refractivity contribution >= 4 is 23.7 Å². The van der Waals surface area contributed by atoms with Crippen LogP contribution in [-0.4, -0.2) is 45.6 Å². The van der Waals surface area contributed by atoms with Gasteiger partial charge < -0.3 is 14.6 Å². The van der Waals surface area contributed by atoms with Crippen LogP contribution in [0.5, 0.6) is 5.75 Å². The summed E-state index contributed by atoms with van der Waals surface area (Å²) in [5.74, 6) is 2.07. The van der Waals surface area contributed by atoms with Crippen molar-refractivity contribution in [3.8, 4) is 17.1 Å². The van der Waals surface area contributed by atoms with E-state index >= 15 is 0 Å². The molecule has 3 amide bonds. The van der Waals surface area contributed by atoms with Crippen molar-refractivity contribution < 1.29 is 14.3 Å². The summed E-state index contributed by atoms with van der Waals surface area (Å²) >= 11 is 1.28. The second-order valence-corrected chi connectivity index (χ2v) is 9.66. The highest BCUT2D eigenvalue weighted by Gasteiger charge is 2.23. The minimum atomic E-state index is -0.420. The van der Waals surface area contributed by atoms with Crippen molar-refractivity contribution in [2.75, 3.05) is 12.9 Å². The van der Waals surface area contributed by atoms with Crippen LogP contribution in [0.1, 0.15) is 46.5 Å². The van der Waals surface area contributed by atoms with Crippen LogP contribution in [-0.2, 0) is 11.3 Å². The van der Waals surface area contributed by atoms with Gasteiger partial charge in [-0.2, -0.15) is 0 Å². The summed E-state index contributed by atoms with van der Waals surface area (Å²) in [6.07, 6.45) is 4.38. The molecule has 8 nitrogen and oxygen atoms in total. The molecule has 32 heavy (non-hydrogen) atoms. The summed E-state index contributed by atoms with van der Waals surface area (Å²) in [6, 6.07) is 7.36. The lowest BCUT2D eigenvalue weighted by Crippen LogP contribution is -2.48. The third kappa shape index (κ3) is 6.48. The van der Waals surface area contributed by atoms with Gasteiger partial charge >= 0.3 is 6.03 Å². The summed E-state index contributed by atoms with van der Waals surface area (Å²) in [7, 11) is 1.63. The number of amides is 3. The Balaban J connectivity index is 1.61. The zero-order valence-electron chi connectivity index (χ0n) is 19.3. The van der Waals surface area contributed by atoms with E-state index in [-0.39, 0.29) is 17.7 Å². The molecule has 2 atom stereocenters. The van der Waals surface area contributed by atoms with Gasteiger partial charge in [-0.3, -0.25) is 10.1 Å². The molecule has 9 heteroatoms. The maximum absolute atomic E-state index is 12.4. The zero-order chi connectivity index (χ0) is 23.1. The van der Waals surface area contributed by atoms with Crippen LogP contribution in [0, 0.1) is 11.8 Å². The van der Waals surface area contributed by atoms with Crippen LogP contribution in [0.25, 0.3) is 11.4 Å². The summed E-state index contributed by atoms with van der Waals surface area (Å²) in [5, 5.41) is 14.7. The van der Waals surface area contributed by atoms with E-state index in [9.17, 15) is 9.59 Å². The zero-order valence-corrected chi connectivity index (χ0v) is 20.1. The molecule has 0 aliphatic heterocycles. The second kappa shape index (κ2) is 11.4. The molecule has 1 aliphatic rings. The first-order chi connectivity index (χ1) is 15.4. The Morgan fingerprint density at radius 2 is 1.91 bits per heavy atom. The topological polar surface area (TPSA) is 98.1 Å². The van der Waals surface area contributed by atoms with E-state index in [1.54, 1.807) is 7.11 Å². The molecular weight excluding hydrogens is 426 g/mol. The number of nitrogens with zero attached hydrogens (tertiary/aromatic N) is 3. The fourth-order valence-electron chi connectivity index (χ4n) is 3.91.